The third kappa shape index (κ3) is 4.52. The lowest BCUT2D eigenvalue weighted by Gasteiger charge is -2.14. The number of likely N-dealkylation sites (tertiary alicyclic amines) is 1. The van der Waals surface area contributed by atoms with Gasteiger partial charge in [-0.25, -0.2) is 9.67 Å². The summed E-state index contributed by atoms with van der Waals surface area (Å²) in [5, 5.41) is 9.75. The highest BCUT2D eigenvalue weighted by Crippen LogP contribution is 2.32. The number of ether oxygens (including phenoxy) is 2. The maximum Gasteiger partial charge on any atom is 0.229 e. The maximum atomic E-state index is 6.53. The van der Waals surface area contributed by atoms with Gasteiger partial charge in [0.25, 0.3) is 0 Å². The highest BCUT2D eigenvalue weighted by molar-refractivity contribution is 6.36. The van der Waals surface area contributed by atoms with Gasteiger partial charge in [0.15, 0.2) is 5.82 Å². The summed E-state index contributed by atoms with van der Waals surface area (Å²) >= 11 is 6.53. The van der Waals surface area contributed by atoms with Crippen LogP contribution in [0.15, 0.2) is 36.7 Å². The Balaban J connectivity index is 1.34. The lowest BCUT2D eigenvalue weighted by atomic mass is 10.2. The van der Waals surface area contributed by atoms with Crippen molar-refractivity contribution >= 4 is 34.1 Å². The smallest absolute Gasteiger partial charge is 0.229 e. The van der Waals surface area contributed by atoms with Gasteiger partial charge in [-0.05, 0) is 32.0 Å². The van der Waals surface area contributed by atoms with Crippen LogP contribution in [0.1, 0.15) is 17.0 Å². The molecule has 0 radical (unpaired) electrons. The molecule has 0 amide bonds. The third-order valence-electron chi connectivity index (χ3n) is 6.84. The molecule has 0 bridgehead atoms. The minimum Gasteiger partial charge on any atom is -0.377 e. The fourth-order valence-corrected chi connectivity index (χ4v) is 4.96. The molecule has 1 aliphatic heterocycles. The van der Waals surface area contributed by atoms with Crippen molar-refractivity contribution in [1.29, 1.82) is 0 Å². The largest absolute Gasteiger partial charge is 0.377 e. The highest BCUT2D eigenvalue weighted by Gasteiger charge is 2.33. The SMILES string of the molecule is CO[C@H]1CN(Cc2cn(-c3ccnc(Nc4ccc5c(c4)c(Cl)c(C)n5C)n3)nc2C)C[C@H]1OC. The highest BCUT2D eigenvalue weighted by atomic mass is 35.5. The Bertz CT molecular complexity index is 1350. The van der Waals surface area contributed by atoms with Gasteiger partial charge in [0.05, 0.1) is 22.9 Å². The van der Waals surface area contributed by atoms with Crippen molar-refractivity contribution in [2.45, 2.75) is 32.6 Å². The van der Waals surface area contributed by atoms with Gasteiger partial charge in [-0.2, -0.15) is 10.1 Å². The van der Waals surface area contributed by atoms with E-state index >= 15 is 0 Å². The molecule has 10 heteroatoms. The third-order valence-corrected chi connectivity index (χ3v) is 7.31. The van der Waals surface area contributed by atoms with Crippen molar-refractivity contribution < 1.29 is 9.47 Å². The van der Waals surface area contributed by atoms with Crippen molar-refractivity contribution in [3.8, 4) is 5.82 Å². The van der Waals surface area contributed by atoms with Crippen LogP contribution in [0, 0.1) is 13.8 Å². The first kappa shape index (κ1) is 23.7. The Morgan fingerprint density at radius 2 is 1.86 bits per heavy atom. The minimum absolute atomic E-state index is 0.0831. The second-order valence-corrected chi connectivity index (χ2v) is 9.36. The number of halogens is 1. The number of nitrogens with zero attached hydrogens (tertiary/aromatic N) is 6. The van der Waals surface area contributed by atoms with Gasteiger partial charge >= 0.3 is 0 Å². The number of methoxy groups -OCH3 is 2. The Labute approximate surface area is 209 Å². The number of rotatable bonds is 7. The van der Waals surface area contributed by atoms with Crippen LogP contribution in [-0.4, -0.2) is 68.7 Å². The molecule has 184 valence electrons. The van der Waals surface area contributed by atoms with Gasteiger partial charge in [-0.15, -0.1) is 0 Å². The molecule has 1 N–H and O–H groups in total. The predicted octanol–water partition coefficient (Wildman–Crippen LogP) is 4.01. The van der Waals surface area contributed by atoms with E-state index in [2.05, 4.69) is 24.8 Å². The molecule has 4 heterocycles. The second-order valence-electron chi connectivity index (χ2n) is 8.98. The first-order valence-electron chi connectivity index (χ1n) is 11.6. The number of fused-ring (bicyclic) bond motifs is 1. The van der Waals surface area contributed by atoms with Crippen molar-refractivity contribution in [2.75, 3.05) is 32.6 Å². The van der Waals surface area contributed by atoms with Crippen LogP contribution < -0.4 is 5.32 Å². The quantitative estimate of drug-likeness (QED) is 0.414. The van der Waals surface area contributed by atoms with Crippen LogP contribution in [0.5, 0.6) is 0 Å². The average molecular weight is 496 g/mol. The standard InChI is InChI=1S/C25H30ClN7O2/c1-15-17(11-32-13-21(34-4)22(14-32)35-5)12-33(30-15)23-8-9-27-25(29-23)28-18-6-7-20-19(10-18)24(26)16(2)31(20)3/h6-10,12,21-22H,11,13-14H2,1-5H3,(H,27,28,29)/t21-,22+. The molecule has 0 aliphatic carbocycles. The van der Waals surface area contributed by atoms with E-state index in [0.29, 0.717) is 11.8 Å². The van der Waals surface area contributed by atoms with E-state index in [1.165, 1.54) is 0 Å². The number of hydrogen-bond acceptors (Lipinski definition) is 7. The molecule has 1 aromatic carbocycles. The summed E-state index contributed by atoms with van der Waals surface area (Å²) in [6.45, 7) is 6.47. The second kappa shape index (κ2) is 9.58. The summed E-state index contributed by atoms with van der Waals surface area (Å²) in [5.74, 6) is 1.18. The van der Waals surface area contributed by atoms with Crippen LogP contribution in [0.4, 0.5) is 11.6 Å². The maximum absolute atomic E-state index is 6.53. The van der Waals surface area contributed by atoms with Crippen LogP contribution in [0.2, 0.25) is 5.02 Å². The molecule has 9 nitrogen and oxygen atoms in total. The lowest BCUT2D eigenvalue weighted by molar-refractivity contribution is -0.00461. The van der Waals surface area contributed by atoms with Crippen LogP contribution in [0.3, 0.4) is 0 Å². The van der Waals surface area contributed by atoms with Gasteiger partial charge in [0.2, 0.25) is 5.95 Å². The number of hydrogen-bond donors (Lipinski definition) is 1. The molecule has 1 aliphatic rings. The number of nitrogens with one attached hydrogen (secondary N) is 1. The van der Waals surface area contributed by atoms with Crippen molar-refractivity contribution in [3.05, 3.63) is 58.6 Å². The molecule has 0 unspecified atom stereocenters. The normalized spacial score (nSPS) is 18.6. The van der Waals surface area contributed by atoms with Gasteiger partial charge in [-0.3, -0.25) is 4.90 Å². The van der Waals surface area contributed by atoms with E-state index < -0.39 is 0 Å². The van der Waals surface area contributed by atoms with E-state index in [-0.39, 0.29) is 12.2 Å². The van der Waals surface area contributed by atoms with Crippen molar-refractivity contribution in [3.63, 3.8) is 0 Å². The molecular formula is C25H30ClN7O2. The molecule has 5 rings (SSSR count). The van der Waals surface area contributed by atoms with Gasteiger partial charge in [0.1, 0.15) is 0 Å². The summed E-state index contributed by atoms with van der Waals surface area (Å²) in [4.78, 5) is 11.4. The number of aromatic nitrogens is 5. The van der Waals surface area contributed by atoms with Crippen molar-refractivity contribution in [1.82, 2.24) is 29.2 Å². The summed E-state index contributed by atoms with van der Waals surface area (Å²) in [5.41, 5.74) is 5.09. The number of benzene rings is 1. The van der Waals surface area contributed by atoms with Crippen LogP contribution in [-0.2, 0) is 23.1 Å². The molecule has 4 aromatic rings. The monoisotopic (exact) mass is 495 g/mol. The van der Waals surface area contributed by atoms with Gasteiger partial charge in [0, 0.05) is 87.2 Å². The molecule has 1 saturated heterocycles. The molecule has 35 heavy (non-hydrogen) atoms. The van der Waals surface area contributed by atoms with Crippen LogP contribution >= 0.6 is 11.6 Å². The summed E-state index contributed by atoms with van der Waals surface area (Å²) < 4.78 is 15.0. The minimum atomic E-state index is 0.0831. The summed E-state index contributed by atoms with van der Waals surface area (Å²) in [6, 6.07) is 7.92. The Hall–Kier alpha value is -2.98. The first-order chi connectivity index (χ1) is 16.9. The summed E-state index contributed by atoms with van der Waals surface area (Å²) in [6.07, 6.45) is 3.92. The van der Waals surface area contributed by atoms with E-state index in [4.69, 9.17) is 26.2 Å². The zero-order valence-electron chi connectivity index (χ0n) is 20.6. The Morgan fingerprint density at radius 1 is 1.11 bits per heavy atom. The molecule has 2 atom stereocenters. The molecule has 3 aromatic heterocycles. The predicted molar refractivity (Wildman–Crippen MR) is 137 cm³/mol. The van der Waals surface area contributed by atoms with E-state index in [0.717, 1.165) is 58.2 Å². The van der Waals surface area contributed by atoms with Gasteiger partial charge < -0.3 is 19.4 Å². The van der Waals surface area contributed by atoms with E-state index in [1.807, 2.05) is 51.4 Å². The number of anilines is 2. The molecule has 1 fully saturated rings. The van der Waals surface area contributed by atoms with E-state index in [1.54, 1.807) is 25.1 Å². The molecule has 0 spiro atoms. The zero-order valence-corrected chi connectivity index (χ0v) is 21.4. The molecule has 0 saturated carbocycles. The fraction of sp³-hybridized carbons (Fsp3) is 0.400. The number of aryl methyl sites for hydroxylation is 2. The molecular weight excluding hydrogens is 466 g/mol. The zero-order chi connectivity index (χ0) is 24.7. The Kier molecular flexibility index (Phi) is 6.50. The fourth-order valence-electron chi connectivity index (χ4n) is 4.68. The first-order valence-corrected chi connectivity index (χ1v) is 11.9. The topological polar surface area (TPSA) is 82.3 Å². The lowest BCUT2D eigenvalue weighted by Crippen LogP contribution is -2.27. The van der Waals surface area contributed by atoms with Crippen molar-refractivity contribution in [2.24, 2.45) is 7.05 Å². The Morgan fingerprint density at radius 3 is 2.57 bits per heavy atom. The van der Waals surface area contributed by atoms with Crippen LogP contribution in [0.25, 0.3) is 16.7 Å². The average Bonchev–Trinajstić information content (AvgIpc) is 3.50. The summed E-state index contributed by atoms with van der Waals surface area (Å²) in [7, 11) is 5.48. The van der Waals surface area contributed by atoms with Gasteiger partial charge in [-0.1, -0.05) is 11.6 Å². The van der Waals surface area contributed by atoms with E-state index in [9.17, 15) is 0 Å².